The predicted molar refractivity (Wildman–Crippen MR) is 66.2 cm³/mol. The number of hydrogen-bond donors (Lipinski definition) is 1. The number of aromatic nitrogens is 2. The van der Waals surface area contributed by atoms with Crippen molar-refractivity contribution in [2.24, 2.45) is 0 Å². The zero-order chi connectivity index (χ0) is 12.1. The smallest absolute Gasteiger partial charge is 0.267 e. The van der Waals surface area contributed by atoms with Gasteiger partial charge in [0.05, 0.1) is 6.20 Å². The third-order valence-corrected chi connectivity index (χ3v) is 3.53. The minimum Gasteiger partial charge on any atom is -0.340 e. The van der Waals surface area contributed by atoms with E-state index in [2.05, 4.69) is 19.8 Å². The van der Waals surface area contributed by atoms with Crippen molar-refractivity contribution < 1.29 is 4.79 Å². The summed E-state index contributed by atoms with van der Waals surface area (Å²) in [5.41, 5.74) is 0. The molecule has 0 spiro atoms. The van der Waals surface area contributed by atoms with Crippen molar-refractivity contribution in [2.75, 3.05) is 46.3 Å². The molecule has 1 N–H and O–H groups in total. The molecular weight excluding hydrogens is 238 g/mol. The molecule has 0 saturated carbocycles. The van der Waals surface area contributed by atoms with Crippen molar-refractivity contribution in [3.05, 3.63) is 11.1 Å². The fraction of sp³-hybridized carbons (Fsp3) is 0.700. The van der Waals surface area contributed by atoms with Gasteiger partial charge in [-0.1, -0.05) is 4.49 Å². The van der Waals surface area contributed by atoms with Gasteiger partial charge in [0.15, 0.2) is 0 Å². The Hall–Kier alpha value is -1.05. The van der Waals surface area contributed by atoms with Gasteiger partial charge in [-0.2, -0.15) is 0 Å². The van der Waals surface area contributed by atoms with Crippen molar-refractivity contribution in [1.29, 1.82) is 0 Å². The summed E-state index contributed by atoms with van der Waals surface area (Å²) < 4.78 is 3.70. The van der Waals surface area contributed by atoms with E-state index in [4.69, 9.17) is 0 Å². The van der Waals surface area contributed by atoms with Crippen LogP contribution in [0.1, 0.15) is 9.67 Å². The molecule has 1 amide bonds. The van der Waals surface area contributed by atoms with E-state index in [0.29, 0.717) is 4.88 Å². The highest BCUT2D eigenvalue weighted by molar-refractivity contribution is 7.07. The van der Waals surface area contributed by atoms with Gasteiger partial charge >= 0.3 is 0 Å². The molecule has 1 saturated heterocycles. The summed E-state index contributed by atoms with van der Waals surface area (Å²) in [7, 11) is 1.82. The molecule has 2 heterocycles. The first-order valence-corrected chi connectivity index (χ1v) is 6.50. The topological polar surface area (TPSA) is 61.4 Å². The molecule has 0 radical (unpaired) electrons. The number of carbonyl (C=O) groups is 1. The van der Waals surface area contributed by atoms with Gasteiger partial charge in [0, 0.05) is 46.3 Å². The highest BCUT2D eigenvalue weighted by atomic mass is 32.1. The van der Waals surface area contributed by atoms with Crippen LogP contribution < -0.4 is 5.32 Å². The Balaban J connectivity index is 1.76. The summed E-state index contributed by atoms with van der Waals surface area (Å²) in [5.74, 6) is 0.00938. The number of hydrogen-bond acceptors (Lipinski definition) is 6. The molecule has 7 heteroatoms. The van der Waals surface area contributed by atoms with E-state index in [-0.39, 0.29) is 5.91 Å². The maximum absolute atomic E-state index is 11.9. The second kappa shape index (κ2) is 6.04. The largest absolute Gasteiger partial charge is 0.340 e. The molecule has 2 rings (SSSR count). The number of likely N-dealkylation sites (N-methyl/N-ethyl adjacent to an activating group) is 1. The Morgan fingerprint density at radius 3 is 3.00 bits per heavy atom. The van der Waals surface area contributed by atoms with Crippen LogP contribution in [0.3, 0.4) is 0 Å². The van der Waals surface area contributed by atoms with Gasteiger partial charge in [-0.15, -0.1) is 5.10 Å². The molecule has 1 aliphatic rings. The fourth-order valence-electron chi connectivity index (χ4n) is 1.78. The lowest BCUT2D eigenvalue weighted by Crippen LogP contribution is -2.46. The van der Waals surface area contributed by atoms with E-state index in [0.717, 1.165) is 50.8 Å². The van der Waals surface area contributed by atoms with Gasteiger partial charge in [0.1, 0.15) is 4.88 Å². The highest BCUT2D eigenvalue weighted by Gasteiger charge is 2.15. The number of nitrogens with zero attached hydrogens (tertiary/aromatic N) is 4. The van der Waals surface area contributed by atoms with Crippen LogP contribution in [-0.4, -0.2) is 71.6 Å². The predicted octanol–water partition coefficient (Wildman–Crippen LogP) is -0.485. The third kappa shape index (κ3) is 3.45. The average molecular weight is 255 g/mol. The van der Waals surface area contributed by atoms with Crippen LogP contribution in [0.2, 0.25) is 0 Å². The number of amides is 1. The Bertz CT molecular complexity index is 350. The molecule has 1 aromatic rings. The molecule has 1 aromatic heterocycles. The summed E-state index contributed by atoms with van der Waals surface area (Å²) in [6.45, 7) is 5.87. The lowest BCUT2D eigenvalue weighted by molar-refractivity contribution is 0.0779. The molecule has 0 atom stereocenters. The maximum atomic E-state index is 11.9. The van der Waals surface area contributed by atoms with Crippen molar-refractivity contribution in [1.82, 2.24) is 24.7 Å². The molecule has 0 unspecified atom stereocenters. The Labute approximate surface area is 105 Å². The monoisotopic (exact) mass is 255 g/mol. The van der Waals surface area contributed by atoms with Crippen LogP contribution in [0, 0.1) is 0 Å². The molecule has 17 heavy (non-hydrogen) atoms. The summed E-state index contributed by atoms with van der Waals surface area (Å²) in [6, 6.07) is 0. The van der Waals surface area contributed by atoms with Crippen molar-refractivity contribution in [3.8, 4) is 0 Å². The zero-order valence-electron chi connectivity index (χ0n) is 9.93. The van der Waals surface area contributed by atoms with E-state index < -0.39 is 0 Å². The minimum atomic E-state index is 0.00938. The van der Waals surface area contributed by atoms with E-state index in [1.165, 1.54) is 6.20 Å². The normalized spacial score (nSPS) is 17.0. The third-order valence-electron chi connectivity index (χ3n) is 2.88. The lowest BCUT2D eigenvalue weighted by atomic mass is 10.3. The molecule has 94 valence electrons. The first-order valence-electron chi connectivity index (χ1n) is 5.73. The van der Waals surface area contributed by atoms with Gasteiger partial charge in [-0.25, -0.2) is 0 Å². The number of piperazine rings is 1. The average Bonchev–Trinajstić information content (AvgIpc) is 2.90. The minimum absolute atomic E-state index is 0.00938. The van der Waals surface area contributed by atoms with Gasteiger partial charge in [-0.3, -0.25) is 9.69 Å². The van der Waals surface area contributed by atoms with E-state index in [1.54, 1.807) is 4.90 Å². The van der Waals surface area contributed by atoms with Crippen molar-refractivity contribution >= 4 is 17.4 Å². The van der Waals surface area contributed by atoms with Crippen LogP contribution in [0.4, 0.5) is 0 Å². The lowest BCUT2D eigenvalue weighted by Gasteiger charge is -2.28. The van der Waals surface area contributed by atoms with Crippen molar-refractivity contribution in [3.63, 3.8) is 0 Å². The summed E-state index contributed by atoms with van der Waals surface area (Å²) in [5, 5.41) is 6.99. The van der Waals surface area contributed by atoms with Crippen LogP contribution in [-0.2, 0) is 0 Å². The van der Waals surface area contributed by atoms with Gasteiger partial charge < -0.3 is 10.2 Å². The number of nitrogens with one attached hydrogen (secondary N) is 1. The number of carbonyl (C=O) groups excluding carboxylic acids is 1. The Kier molecular flexibility index (Phi) is 4.41. The van der Waals surface area contributed by atoms with E-state index in [9.17, 15) is 4.79 Å². The first-order chi connectivity index (χ1) is 8.27. The van der Waals surface area contributed by atoms with Crippen LogP contribution in [0.15, 0.2) is 6.20 Å². The van der Waals surface area contributed by atoms with E-state index in [1.807, 2.05) is 7.05 Å². The number of rotatable bonds is 4. The summed E-state index contributed by atoms with van der Waals surface area (Å²) in [4.78, 5) is 16.6. The van der Waals surface area contributed by atoms with Crippen LogP contribution in [0.25, 0.3) is 0 Å². The van der Waals surface area contributed by atoms with Gasteiger partial charge in [0.2, 0.25) is 0 Å². The molecule has 0 aromatic carbocycles. The van der Waals surface area contributed by atoms with Gasteiger partial charge in [0.25, 0.3) is 5.91 Å². The van der Waals surface area contributed by atoms with E-state index >= 15 is 0 Å². The van der Waals surface area contributed by atoms with Crippen LogP contribution in [0.5, 0.6) is 0 Å². The van der Waals surface area contributed by atoms with Crippen molar-refractivity contribution in [2.45, 2.75) is 0 Å². The molecule has 0 aliphatic carbocycles. The Morgan fingerprint density at radius 2 is 2.35 bits per heavy atom. The molecule has 6 nitrogen and oxygen atoms in total. The second-order valence-electron chi connectivity index (χ2n) is 4.10. The second-order valence-corrected chi connectivity index (χ2v) is 4.89. The molecule has 1 aliphatic heterocycles. The molecular formula is C10H17N5OS. The summed E-state index contributed by atoms with van der Waals surface area (Å²) >= 11 is 1.14. The first kappa shape index (κ1) is 12.4. The highest BCUT2D eigenvalue weighted by Crippen LogP contribution is 2.05. The summed E-state index contributed by atoms with van der Waals surface area (Å²) in [6.07, 6.45) is 1.52. The quantitative estimate of drug-likeness (QED) is 0.787. The standard InChI is InChI=1S/C10H17N5OS/c1-14(10(16)9-8-12-13-17-9)6-7-15-4-2-11-3-5-15/h8,11H,2-7H2,1H3. The zero-order valence-corrected chi connectivity index (χ0v) is 10.7. The molecule has 1 fully saturated rings. The fourth-order valence-corrected chi connectivity index (χ4v) is 2.29. The van der Waals surface area contributed by atoms with Crippen LogP contribution >= 0.6 is 11.5 Å². The maximum Gasteiger partial charge on any atom is 0.267 e. The Morgan fingerprint density at radius 1 is 1.59 bits per heavy atom. The SMILES string of the molecule is CN(CCN1CCNCC1)C(=O)c1cnns1. The van der Waals surface area contributed by atoms with Gasteiger partial charge in [-0.05, 0) is 11.5 Å². The molecule has 0 bridgehead atoms.